The van der Waals surface area contributed by atoms with Gasteiger partial charge in [0.2, 0.25) is 0 Å². The molecule has 1 saturated heterocycles. The summed E-state index contributed by atoms with van der Waals surface area (Å²) >= 11 is 0. The second-order valence-corrected chi connectivity index (χ2v) is 6.00. The molecule has 0 saturated carbocycles. The van der Waals surface area contributed by atoms with Gasteiger partial charge in [-0.1, -0.05) is 6.07 Å². The second kappa shape index (κ2) is 7.79. The highest BCUT2D eigenvalue weighted by atomic mass is 16.5. The van der Waals surface area contributed by atoms with Crippen molar-refractivity contribution < 1.29 is 14.3 Å². The number of nitrogens with one attached hydrogen (secondary N) is 1. The zero-order valence-electron chi connectivity index (χ0n) is 14.1. The lowest BCUT2D eigenvalue weighted by Gasteiger charge is -2.31. The Balaban J connectivity index is 1.54. The van der Waals surface area contributed by atoms with E-state index in [-0.39, 0.29) is 17.7 Å². The van der Waals surface area contributed by atoms with Gasteiger partial charge in [0.15, 0.2) is 5.78 Å². The monoisotopic (exact) mass is 339 g/mol. The Morgan fingerprint density at radius 2 is 1.84 bits per heavy atom. The minimum atomic E-state index is -0.172. The van der Waals surface area contributed by atoms with E-state index in [9.17, 15) is 9.59 Å². The van der Waals surface area contributed by atoms with Crippen LogP contribution in [0.3, 0.4) is 0 Å². The molecule has 0 atom stereocenters. The molecule has 1 aromatic heterocycles. The van der Waals surface area contributed by atoms with Gasteiger partial charge in [-0.05, 0) is 49.2 Å². The lowest BCUT2D eigenvalue weighted by Crippen LogP contribution is -2.42. The van der Waals surface area contributed by atoms with Crippen LogP contribution in [0.25, 0.3) is 0 Å². The van der Waals surface area contributed by atoms with Crippen molar-refractivity contribution >= 4 is 17.6 Å². The molecular formula is C19H21N3O3. The lowest BCUT2D eigenvalue weighted by atomic mass is 9.89. The number of carbonyl (C=O) groups excluding carboxylic acids is 2. The van der Waals surface area contributed by atoms with Gasteiger partial charge in [0.05, 0.1) is 7.11 Å². The van der Waals surface area contributed by atoms with Gasteiger partial charge in [-0.2, -0.15) is 0 Å². The molecule has 0 aliphatic carbocycles. The van der Waals surface area contributed by atoms with Crippen LogP contribution in [0.1, 0.15) is 23.2 Å². The average molecular weight is 339 g/mol. The van der Waals surface area contributed by atoms with E-state index in [2.05, 4.69) is 10.3 Å². The molecule has 1 N–H and O–H groups in total. The Morgan fingerprint density at radius 3 is 2.44 bits per heavy atom. The molecule has 2 aromatic rings. The van der Waals surface area contributed by atoms with E-state index in [1.165, 1.54) is 0 Å². The molecular weight excluding hydrogens is 318 g/mol. The number of rotatable bonds is 4. The summed E-state index contributed by atoms with van der Waals surface area (Å²) in [6.45, 7) is 1.12. The molecule has 3 rings (SSSR count). The number of methoxy groups -OCH3 is 1. The number of amides is 2. The van der Waals surface area contributed by atoms with Gasteiger partial charge in [0.25, 0.3) is 0 Å². The third-order valence-electron chi connectivity index (χ3n) is 4.43. The maximum Gasteiger partial charge on any atom is 0.323 e. The molecule has 0 unspecified atom stereocenters. The molecule has 6 heteroatoms. The predicted octanol–water partition coefficient (Wildman–Crippen LogP) is 3.22. The van der Waals surface area contributed by atoms with Crippen LogP contribution in [0.2, 0.25) is 0 Å². The summed E-state index contributed by atoms with van der Waals surface area (Å²) in [5, 5.41) is 2.78. The molecule has 1 fully saturated rings. The number of benzene rings is 1. The number of Topliss-reactive ketones (excluding diaryl/α,β-unsaturated/α-hetero) is 1. The minimum absolute atomic E-state index is 0.0488. The first-order valence-corrected chi connectivity index (χ1v) is 8.32. The molecule has 130 valence electrons. The summed E-state index contributed by atoms with van der Waals surface area (Å²) in [7, 11) is 1.60. The number of hydrogen-bond acceptors (Lipinski definition) is 4. The standard InChI is InChI=1S/C19H21N3O3/c1-25-16-7-5-14(6-8-16)18(23)15-9-12-22(13-10-15)19(24)21-17-4-2-3-11-20-17/h2-8,11,15H,9-10,12-13H2,1H3,(H,20,21,24). The summed E-state index contributed by atoms with van der Waals surface area (Å²) in [6, 6.07) is 12.4. The number of carbonyl (C=O) groups is 2. The summed E-state index contributed by atoms with van der Waals surface area (Å²) in [5.41, 5.74) is 0.692. The van der Waals surface area contributed by atoms with E-state index in [1.54, 1.807) is 54.6 Å². The number of ketones is 1. The van der Waals surface area contributed by atoms with Crippen LogP contribution in [0.4, 0.5) is 10.6 Å². The highest BCUT2D eigenvalue weighted by molar-refractivity contribution is 5.98. The number of ether oxygens (including phenoxy) is 1. The number of aromatic nitrogens is 1. The zero-order chi connectivity index (χ0) is 17.6. The number of nitrogens with zero attached hydrogens (tertiary/aromatic N) is 2. The Labute approximate surface area is 146 Å². The van der Waals surface area contributed by atoms with Crippen molar-refractivity contribution in [2.75, 3.05) is 25.5 Å². The first-order valence-electron chi connectivity index (χ1n) is 8.32. The molecule has 1 aromatic carbocycles. The first-order chi connectivity index (χ1) is 12.2. The maximum atomic E-state index is 12.6. The smallest absolute Gasteiger partial charge is 0.323 e. The van der Waals surface area contributed by atoms with Crippen LogP contribution >= 0.6 is 0 Å². The molecule has 25 heavy (non-hydrogen) atoms. The van der Waals surface area contributed by atoms with Crippen molar-refractivity contribution in [2.24, 2.45) is 5.92 Å². The summed E-state index contributed by atoms with van der Waals surface area (Å²) in [5.74, 6) is 1.35. The highest BCUT2D eigenvalue weighted by Crippen LogP contribution is 2.23. The fourth-order valence-electron chi connectivity index (χ4n) is 2.96. The van der Waals surface area contributed by atoms with Gasteiger partial charge >= 0.3 is 6.03 Å². The quantitative estimate of drug-likeness (QED) is 0.868. The van der Waals surface area contributed by atoms with Gasteiger partial charge in [-0.25, -0.2) is 9.78 Å². The fourth-order valence-corrected chi connectivity index (χ4v) is 2.96. The van der Waals surface area contributed by atoms with E-state index in [1.807, 2.05) is 6.07 Å². The van der Waals surface area contributed by atoms with Crippen molar-refractivity contribution in [2.45, 2.75) is 12.8 Å². The van der Waals surface area contributed by atoms with Crippen LogP contribution in [0.15, 0.2) is 48.7 Å². The van der Waals surface area contributed by atoms with Crippen molar-refractivity contribution in [3.63, 3.8) is 0 Å². The number of likely N-dealkylation sites (tertiary alicyclic amines) is 1. The lowest BCUT2D eigenvalue weighted by molar-refractivity contribution is 0.0859. The van der Waals surface area contributed by atoms with Gasteiger partial charge in [-0.15, -0.1) is 0 Å². The van der Waals surface area contributed by atoms with Crippen molar-refractivity contribution in [1.29, 1.82) is 0 Å². The van der Waals surface area contributed by atoms with Crippen LogP contribution in [0.5, 0.6) is 5.75 Å². The molecule has 0 bridgehead atoms. The number of hydrogen-bond donors (Lipinski definition) is 1. The number of piperidine rings is 1. The molecule has 2 heterocycles. The topological polar surface area (TPSA) is 71.5 Å². The molecule has 0 spiro atoms. The molecule has 6 nitrogen and oxygen atoms in total. The SMILES string of the molecule is COc1ccc(C(=O)C2CCN(C(=O)Nc3ccccn3)CC2)cc1. The Morgan fingerprint density at radius 1 is 1.12 bits per heavy atom. The third kappa shape index (κ3) is 4.15. The average Bonchev–Trinajstić information content (AvgIpc) is 2.68. The molecule has 1 aliphatic heterocycles. The van der Waals surface area contributed by atoms with Gasteiger partial charge in [-0.3, -0.25) is 10.1 Å². The van der Waals surface area contributed by atoms with Crippen LogP contribution in [0, 0.1) is 5.92 Å². The normalized spacial score (nSPS) is 14.8. The Hall–Kier alpha value is -2.89. The molecule has 1 aliphatic rings. The van der Waals surface area contributed by atoms with Gasteiger partial charge in [0.1, 0.15) is 11.6 Å². The maximum absolute atomic E-state index is 12.6. The number of anilines is 1. The first kappa shape index (κ1) is 17.0. The predicted molar refractivity (Wildman–Crippen MR) is 94.9 cm³/mol. The largest absolute Gasteiger partial charge is 0.497 e. The fraction of sp³-hybridized carbons (Fsp3) is 0.316. The van der Waals surface area contributed by atoms with E-state index in [0.717, 1.165) is 5.75 Å². The van der Waals surface area contributed by atoms with Gasteiger partial charge in [0, 0.05) is 30.8 Å². The van der Waals surface area contributed by atoms with E-state index in [4.69, 9.17) is 4.74 Å². The number of urea groups is 1. The molecule has 0 radical (unpaired) electrons. The molecule has 2 amide bonds. The highest BCUT2D eigenvalue weighted by Gasteiger charge is 2.28. The van der Waals surface area contributed by atoms with E-state index < -0.39 is 0 Å². The van der Waals surface area contributed by atoms with Crippen LogP contribution in [-0.4, -0.2) is 41.9 Å². The van der Waals surface area contributed by atoms with Crippen LogP contribution < -0.4 is 10.1 Å². The minimum Gasteiger partial charge on any atom is -0.497 e. The van der Waals surface area contributed by atoms with Gasteiger partial charge < -0.3 is 9.64 Å². The van der Waals surface area contributed by atoms with Crippen molar-refractivity contribution in [1.82, 2.24) is 9.88 Å². The van der Waals surface area contributed by atoms with Crippen molar-refractivity contribution in [3.05, 3.63) is 54.2 Å². The number of pyridine rings is 1. The van der Waals surface area contributed by atoms with Crippen molar-refractivity contribution in [3.8, 4) is 5.75 Å². The zero-order valence-corrected chi connectivity index (χ0v) is 14.1. The summed E-state index contributed by atoms with van der Waals surface area (Å²) in [4.78, 5) is 30.7. The Bertz CT molecular complexity index is 723. The summed E-state index contributed by atoms with van der Waals surface area (Å²) < 4.78 is 5.12. The summed E-state index contributed by atoms with van der Waals surface area (Å²) in [6.07, 6.45) is 2.97. The second-order valence-electron chi connectivity index (χ2n) is 6.00. The van der Waals surface area contributed by atoms with E-state index >= 15 is 0 Å². The van der Waals surface area contributed by atoms with Crippen LogP contribution in [-0.2, 0) is 0 Å². The van der Waals surface area contributed by atoms with E-state index in [0.29, 0.717) is 37.3 Å². The third-order valence-corrected chi connectivity index (χ3v) is 4.43. The Kier molecular flexibility index (Phi) is 5.28.